The largest absolute Gasteiger partial charge is 0.378 e. The summed E-state index contributed by atoms with van der Waals surface area (Å²) in [5.74, 6) is -0.485. The summed E-state index contributed by atoms with van der Waals surface area (Å²) in [6.07, 6.45) is 0.881. The van der Waals surface area contributed by atoms with Crippen molar-refractivity contribution >= 4 is 11.9 Å². The molecular formula is C13H13FN2OS. The van der Waals surface area contributed by atoms with Gasteiger partial charge in [-0.15, -0.1) is 0 Å². The molecule has 0 bridgehead atoms. The predicted octanol–water partition coefficient (Wildman–Crippen LogP) is 2.82. The van der Waals surface area contributed by atoms with E-state index in [-0.39, 0.29) is 0 Å². The Morgan fingerprint density at radius 1 is 1.22 bits per heavy atom. The van der Waals surface area contributed by atoms with E-state index in [1.807, 2.05) is 24.3 Å². The van der Waals surface area contributed by atoms with E-state index in [4.69, 9.17) is 5.11 Å². The number of hydrogen-bond acceptors (Lipinski definition) is 4. The van der Waals surface area contributed by atoms with Crippen molar-refractivity contribution in [2.75, 3.05) is 0 Å². The Balaban J connectivity index is 2.12. The van der Waals surface area contributed by atoms with Gasteiger partial charge in [-0.3, -0.25) is 0 Å². The lowest BCUT2D eigenvalue weighted by atomic mass is 10.1. The lowest BCUT2D eigenvalue weighted by molar-refractivity contribution is 0.188. The molecule has 0 aliphatic heterocycles. The molecule has 0 fully saturated rings. The molecule has 1 unspecified atom stereocenters. The highest BCUT2D eigenvalue weighted by Crippen LogP contribution is 2.23. The van der Waals surface area contributed by atoms with E-state index in [9.17, 15) is 4.39 Å². The minimum atomic E-state index is -0.566. The number of benzene rings is 1. The fourth-order valence-corrected chi connectivity index (χ4v) is 2.03. The topological polar surface area (TPSA) is 45.1 Å². The summed E-state index contributed by atoms with van der Waals surface area (Å²) < 4.78 is 15.8. The minimum absolute atomic E-state index is 0.485. The first-order valence-corrected chi connectivity index (χ1v) is 6.29. The van der Waals surface area contributed by atoms with Crippen LogP contribution in [0.2, 0.25) is 0 Å². The quantitative estimate of drug-likeness (QED) is 0.506. The Labute approximate surface area is 109 Å². The number of aromatic nitrogens is 1. The number of aliphatic hydroxyl groups excluding tert-OH is 1. The zero-order valence-electron chi connectivity index (χ0n) is 9.80. The summed E-state index contributed by atoms with van der Waals surface area (Å²) in [4.78, 5) is 4.50. The van der Waals surface area contributed by atoms with Gasteiger partial charge < -0.3 is 5.11 Å². The average Bonchev–Trinajstić information content (AvgIpc) is 2.37. The molecule has 0 aliphatic carbocycles. The van der Waals surface area contributed by atoms with E-state index in [1.165, 1.54) is 24.2 Å². The Hall–Kier alpha value is -1.43. The smallest absolute Gasteiger partial charge is 0.213 e. The molecule has 2 N–H and O–H groups in total. The van der Waals surface area contributed by atoms with Crippen LogP contribution in [0.4, 0.5) is 4.39 Å². The van der Waals surface area contributed by atoms with Gasteiger partial charge in [0.1, 0.15) is 6.23 Å². The van der Waals surface area contributed by atoms with Gasteiger partial charge in [-0.05, 0) is 48.2 Å². The molecule has 2 aromatic rings. The second-order valence-corrected chi connectivity index (χ2v) is 4.70. The SMILES string of the molecule is CC(O)NSc1ccc(-c2ccnc(F)c2)cc1. The summed E-state index contributed by atoms with van der Waals surface area (Å²) in [6, 6.07) is 10.8. The van der Waals surface area contributed by atoms with Gasteiger partial charge >= 0.3 is 0 Å². The van der Waals surface area contributed by atoms with Crippen molar-refractivity contribution in [1.82, 2.24) is 9.71 Å². The molecule has 0 spiro atoms. The number of pyridine rings is 1. The van der Waals surface area contributed by atoms with Crippen LogP contribution in [0.1, 0.15) is 6.92 Å². The van der Waals surface area contributed by atoms with Gasteiger partial charge in [0, 0.05) is 17.2 Å². The normalized spacial score (nSPS) is 12.4. The number of nitrogens with one attached hydrogen (secondary N) is 1. The van der Waals surface area contributed by atoms with Crippen molar-refractivity contribution in [2.45, 2.75) is 18.0 Å². The average molecular weight is 264 g/mol. The first-order valence-electron chi connectivity index (χ1n) is 5.47. The van der Waals surface area contributed by atoms with Crippen LogP contribution in [-0.4, -0.2) is 16.3 Å². The monoisotopic (exact) mass is 264 g/mol. The van der Waals surface area contributed by atoms with Crippen molar-refractivity contribution in [3.63, 3.8) is 0 Å². The molecule has 0 saturated carbocycles. The van der Waals surface area contributed by atoms with E-state index in [0.29, 0.717) is 0 Å². The van der Waals surface area contributed by atoms with Crippen LogP contribution in [0.15, 0.2) is 47.5 Å². The van der Waals surface area contributed by atoms with Crippen molar-refractivity contribution in [2.24, 2.45) is 0 Å². The third kappa shape index (κ3) is 3.53. The van der Waals surface area contributed by atoms with Gasteiger partial charge in [0.15, 0.2) is 0 Å². The zero-order valence-corrected chi connectivity index (χ0v) is 10.6. The highest BCUT2D eigenvalue weighted by Gasteiger charge is 2.01. The Morgan fingerprint density at radius 3 is 2.56 bits per heavy atom. The number of rotatable bonds is 4. The van der Waals surface area contributed by atoms with Crippen molar-refractivity contribution in [1.29, 1.82) is 0 Å². The Morgan fingerprint density at radius 2 is 1.94 bits per heavy atom. The van der Waals surface area contributed by atoms with Crippen LogP contribution in [-0.2, 0) is 0 Å². The van der Waals surface area contributed by atoms with Gasteiger partial charge in [-0.25, -0.2) is 9.71 Å². The van der Waals surface area contributed by atoms with E-state index in [0.717, 1.165) is 16.0 Å². The molecule has 0 aliphatic rings. The maximum Gasteiger partial charge on any atom is 0.213 e. The van der Waals surface area contributed by atoms with E-state index >= 15 is 0 Å². The third-order valence-corrected chi connectivity index (χ3v) is 3.23. The second kappa shape index (κ2) is 5.95. The molecule has 18 heavy (non-hydrogen) atoms. The lowest BCUT2D eigenvalue weighted by Crippen LogP contribution is -2.17. The molecule has 0 saturated heterocycles. The third-order valence-electron chi connectivity index (χ3n) is 2.26. The molecule has 0 radical (unpaired) electrons. The predicted molar refractivity (Wildman–Crippen MR) is 70.3 cm³/mol. The summed E-state index contributed by atoms with van der Waals surface area (Å²) >= 11 is 1.35. The van der Waals surface area contributed by atoms with E-state index in [1.54, 1.807) is 13.0 Å². The molecule has 1 atom stereocenters. The summed E-state index contributed by atoms with van der Waals surface area (Å²) in [7, 11) is 0. The standard InChI is InChI=1S/C13H13FN2OS/c1-9(17)16-18-12-4-2-10(3-5-12)11-6-7-15-13(14)8-11/h2-9,16-17H,1H3. The maximum absolute atomic E-state index is 13.0. The summed E-state index contributed by atoms with van der Waals surface area (Å²) in [5.41, 5.74) is 1.72. The molecular weight excluding hydrogens is 251 g/mol. The molecule has 3 nitrogen and oxygen atoms in total. The van der Waals surface area contributed by atoms with Gasteiger partial charge in [-0.1, -0.05) is 12.1 Å². The van der Waals surface area contributed by atoms with Gasteiger partial charge in [0.05, 0.1) is 0 Å². The van der Waals surface area contributed by atoms with E-state index < -0.39 is 12.2 Å². The number of aliphatic hydroxyl groups is 1. The fourth-order valence-electron chi connectivity index (χ4n) is 1.45. The highest BCUT2D eigenvalue weighted by molar-refractivity contribution is 7.97. The highest BCUT2D eigenvalue weighted by atomic mass is 32.2. The van der Waals surface area contributed by atoms with Crippen LogP contribution in [0.5, 0.6) is 0 Å². The van der Waals surface area contributed by atoms with Crippen LogP contribution < -0.4 is 4.72 Å². The minimum Gasteiger partial charge on any atom is -0.378 e. The zero-order chi connectivity index (χ0) is 13.0. The Bertz CT molecular complexity index is 517. The molecule has 1 heterocycles. The summed E-state index contributed by atoms with van der Waals surface area (Å²) in [5, 5.41) is 9.10. The number of halogens is 1. The molecule has 0 amide bonds. The van der Waals surface area contributed by atoms with Gasteiger partial charge in [0.25, 0.3) is 0 Å². The van der Waals surface area contributed by atoms with Crippen molar-refractivity contribution < 1.29 is 9.50 Å². The van der Waals surface area contributed by atoms with Crippen LogP contribution in [0, 0.1) is 5.95 Å². The lowest BCUT2D eigenvalue weighted by Gasteiger charge is -2.07. The van der Waals surface area contributed by atoms with E-state index in [2.05, 4.69) is 9.71 Å². The molecule has 2 rings (SSSR count). The van der Waals surface area contributed by atoms with Crippen molar-refractivity contribution in [3.05, 3.63) is 48.5 Å². The number of nitrogens with zero attached hydrogens (tertiary/aromatic N) is 1. The maximum atomic E-state index is 13.0. The second-order valence-electron chi connectivity index (χ2n) is 3.79. The number of hydrogen-bond donors (Lipinski definition) is 2. The molecule has 1 aromatic heterocycles. The molecule has 94 valence electrons. The fraction of sp³-hybridized carbons (Fsp3) is 0.154. The first-order chi connectivity index (χ1) is 8.65. The van der Waals surface area contributed by atoms with Gasteiger partial charge in [-0.2, -0.15) is 4.39 Å². The molecule has 1 aromatic carbocycles. The summed E-state index contributed by atoms with van der Waals surface area (Å²) in [6.45, 7) is 1.65. The Kier molecular flexibility index (Phi) is 4.30. The van der Waals surface area contributed by atoms with Crippen LogP contribution in [0.3, 0.4) is 0 Å². The van der Waals surface area contributed by atoms with Crippen LogP contribution in [0.25, 0.3) is 11.1 Å². The first kappa shape index (κ1) is 13.0. The molecule has 5 heteroatoms. The van der Waals surface area contributed by atoms with Gasteiger partial charge in [0.2, 0.25) is 5.95 Å². The van der Waals surface area contributed by atoms with Crippen molar-refractivity contribution in [3.8, 4) is 11.1 Å². The van der Waals surface area contributed by atoms with Crippen LogP contribution >= 0.6 is 11.9 Å².